The number of hydrogen-bond acceptors (Lipinski definition) is 2. The van der Waals surface area contributed by atoms with E-state index in [-0.39, 0.29) is 6.10 Å². The standard InChI is InChI=1S/C13H22N2O/c1-5-15-10(6-9(2)14-15)7-12(16)11-8-13(11,3)4/h6,11-12,16H,5,7-8H2,1-4H3. The van der Waals surface area contributed by atoms with Crippen LogP contribution in [0.25, 0.3) is 0 Å². The summed E-state index contributed by atoms with van der Waals surface area (Å²) in [6.07, 6.45) is 1.67. The van der Waals surface area contributed by atoms with Crippen molar-refractivity contribution in [3.63, 3.8) is 0 Å². The molecule has 0 aliphatic heterocycles. The van der Waals surface area contributed by atoms with Crippen LogP contribution in [0.2, 0.25) is 0 Å². The maximum atomic E-state index is 10.2. The van der Waals surface area contributed by atoms with Gasteiger partial charge in [0.05, 0.1) is 11.8 Å². The van der Waals surface area contributed by atoms with Crippen molar-refractivity contribution in [1.82, 2.24) is 9.78 Å². The number of nitrogens with zero attached hydrogens (tertiary/aromatic N) is 2. The summed E-state index contributed by atoms with van der Waals surface area (Å²) in [7, 11) is 0. The van der Waals surface area contributed by atoms with E-state index in [1.54, 1.807) is 0 Å². The molecule has 0 saturated heterocycles. The highest BCUT2D eigenvalue weighted by Gasteiger charge is 2.49. The van der Waals surface area contributed by atoms with Crippen molar-refractivity contribution in [2.45, 2.75) is 53.2 Å². The molecular weight excluding hydrogens is 200 g/mol. The molecule has 2 rings (SSSR count). The second-order valence-electron chi connectivity index (χ2n) is 5.66. The predicted octanol–water partition coefficient (Wildman–Crippen LogP) is 2.16. The van der Waals surface area contributed by atoms with Crippen molar-refractivity contribution in [3.05, 3.63) is 17.5 Å². The minimum Gasteiger partial charge on any atom is -0.392 e. The second kappa shape index (κ2) is 3.88. The smallest absolute Gasteiger partial charge is 0.0628 e. The largest absolute Gasteiger partial charge is 0.392 e. The fraction of sp³-hybridized carbons (Fsp3) is 0.769. The van der Waals surface area contributed by atoms with Crippen LogP contribution in [-0.2, 0) is 13.0 Å². The van der Waals surface area contributed by atoms with Gasteiger partial charge in [0, 0.05) is 18.7 Å². The average Bonchev–Trinajstić information content (AvgIpc) is 2.67. The molecule has 0 bridgehead atoms. The van der Waals surface area contributed by atoms with Crippen molar-refractivity contribution in [2.24, 2.45) is 11.3 Å². The number of aryl methyl sites for hydroxylation is 2. The minimum absolute atomic E-state index is 0.212. The van der Waals surface area contributed by atoms with E-state index in [4.69, 9.17) is 0 Å². The van der Waals surface area contributed by atoms with Crippen LogP contribution in [0.3, 0.4) is 0 Å². The Hall–Kier alpha value is -0.830. The van der Waals surface area contributed by atoms with Gasteiger partial charge in [0.2, 0.25) is 0 Å². The number of rotatable bonds is 4. The molecule has 3 nitrogen and oxygen atoms in total. The zero-order chi connectivity index (χ0) is 11.9. The van der Waals surface area contributed by atoms with Gasteiger partial charge in [-0.15, -0.1) is 0 Å². The molecule has 1 fully saturated rings. The van der Waals surface area contributed by atoms with Gasteiger partial charge < -0.3 is 5.11 Å². The summed E-state index contributed by atoms with van der Waals surface area (Å²) in [5, 5.41) is 14.6. The number of aromatic nitrogens is 2. The Kier molecular flexibility index (Phi) is 2.82. The molecule has 16 heavy (non-hydrogen) atoms. The van der Waals surface area contributed by atoms with Gasteiger partial charge in [-0.25, -0.2) is 0 Å². The van der Waals surface area contributed by atoms with Gasteiger partial charge >= 0.3 is 0 Å². The Morgan fingerprint density at radius 2 is 2.25 bits per heavy atom. The third-order valence-corrected chi connectivity index (χ3v) is 3.76. The number of aliphatic hydroxyl groups is 1. The molecule has 2 atom stereocenters. The van der Waals surface area contributed by atoms with Gasteiger partial charge in [-0.3, -0.25) is 4.68 Å². The first-order valence-corrected chi connectivity index (χ1v) is 6.15. The lowest BCUT2D eigenvalue weighted by Crippen LogP contribution is -2.18. The summed E-state index contributed by atoms with van der Waals surface area (Å²) < 4.78 is 1.99. The lowest BCUT2D eigenvalue weighted by atomic mass is 10.0. The highest BCUT2D eigenvalue weighted by Crippen LogP contribution is 2.53. The molecule has 1 aromatic rings. The van der Waals surface area contributed by atoms with Crippen molar-refractivity contribution in [2.75, 3.05) is 0 Å². The quantitative estimate of drug-likeness (QED) is 0.847. The first-order chi connectivity index (χ1) is 7.44. The summed E-state index contributed by atoms with van der Waals surface area (Å²) in [5.41, 5.74) is 2.54. The monoisotopic (exact) mass is 222 g/mol. The van der Waals surface area contributed by atoms with Crippen molar-refractivity contribution in [1.29, 1.82) is 0 Å². The molecule has 1 aromatic heterocycles. The number of hydrogen-bond donors (Lipinski definition) is 1. The summed E-state index contributed by atoms with van der Waals surface area (Å²) in [5.74, 6) is 0.466. The molecule has 90 valence electrons. The average molecular weight is 222 g/mol. The van der Waals surface area contributed by atoms with E-state index in [0.717, 1.165) is 30.8 Å². The molecule has 0 spiro atoms. The van der Waals surface area contributed by atoms with E-state index in [2.05, 4.69) is 31.9 Å². The van der Waals surface area contributed by atoms with Crippen molar-refractivity contribution < 1.29 is 5.11 Å². The summed E-state index contributed by atoms with van der Waals surface area (Å²) in [6, 6.07) is 2.09. The Bertz CT molecular complexity index is 381. The van der Waals surface area contributed by atoms with Crippen LogP contribution in [0.15, 0.2) is 6.07 Å². The normalized spacial score (nSPS) is 24.4. The third kappa shape index (κ3) is 2.14. The van der Waals surface area contributed by atoms with Crippen LogP contribution in [-0.4, -0.2) is 21.0 Å². The van der Waals surface area contributed by atoms with Gasteiger partial charge in [-0.05, 0) is 37.7 Å². The third-order valence-electron chi connectivity index (χ3n) is 3.76. The number of aliphatic hydroxyl groups excluding tert-OH is 1. The Morgan fingerprint density at radius 3 is 2.75 bits per heavy atom. The Balaban J connectivity index is 2.03. The first kappa shape index (κ1) is 11.6. The molecule has 0 aromatic carbocycles. The summed E-state index contributed by atoms with van der Waals surface area (Å²) in [4.78, 5) is 0. The van der Waals surface area contributed by atoms with Gasteiger partial charge in [-0.2, -0.15) is 5.10 Å². The Morgan fingerprint density at radius 1 is 1.62 bits per heavy atom. The van der Waals surface area contributed by atoms with E-state index in [9.17, 15) is 5.11 Å². The van der Waals surface area contributed by atoms with Gasteiger partial charge in [-0.1, -0.05) is 13.8 Å². The maximum Gasteiger partial charge on any atom is 0.0628 e. The van der Waals surface area contributed by atoms with Crippen LogP contribution >= 0.6 is 0 Å². The zero-order valence-corrected chi connectivity index (χ0v) is 10.7. The van der Waals surface area contributed by atoms with E-state index < -0.39 is 0 Å². The molecule has 0 radical (unpaired) electrons. The highest BCUT2D eigenvalue weighted by molar-refractivity contribution is 5.12. The van der Waals surface area contributed by atoms with E-state index >= 15 is 0 Å². The van der Waals surface area contributed by atoms with Crippen molar-refractivity contribution in [3.8, 4) is 0 Å². The van der Waals surface area contributed by atoms with Gasteiger partial charge in [0.1, 0.15) is 0 Å². The first-order valence-electron chi connectivity index (χ1n) is 6.15. The molecule has 1 aliphatic carbocycles. The maximum absolute atomic E-state index is 10.2. The fourth-order valence-electron chi connectivity index (χ4n) is 2.56. The van der Waals surface area contributed by atoms with Gasteiger partial charge in [0.15, 0.2) is 0 Å². The van der Waals surface area contributed by atoms with Crippen LogP contribution in [0.1, 0.15) is 38.6 Å². The predicted molar refractivity (Wildman–Crippen MR) is 64.2 cm³/mol. The summed E-state index contributed by atoms with van der Waals surface area (Å²) >= 11 is 0. The molecule has 0 amide bonds. The van der Waals surface area contributed by atoms with Crippen LogP contribution in [0.4, 0.5) is 0 Å². The van der Waals surface area contributed by atoms with Crippen LogP contribution in [0.5, 0.6) is 0 Å². The molecule has 1 N–H and O–H groups in total. The highest BCUT2D eigenvalue weighted by atomic mass is 16.3. The molecule has 1 heterocycles. The molecular formula is C13H22N2O. The molecule has 1 saturated carbocycles. The Labute approximate surface area is 97.5 Å². The molecule has 3 heteroatoms. The molecule has 1 aliphatic rings. The second-order valence-corrected chi connectivity index (χ2v) is 5.66. The van der Waals surface area contributed by atoms with E-state index in [1.165, 1.54) is 0 Å². The zero-order valence-electron chi connectivity index (χ0n) is 10.7. The van der Waals surface area contributed by atoms with Crippen LogP contribution in [0, 0.1) is 18.3 Å². The van der Waals surface area contributed by atoms with Crippen LogP contribution < -0.4 is 0 Å². The topological polar surface area (TPSA) is 38.0 Å². The SMILES string of the molecule is CCn1nc(C)cc1CC(O)C1CC1(C)C. The van der Waals surface area contributed by atoms with E-state index in [1.807, 2.05) is 11.6 Å². The lowest BCUT2D eigenvalue weighted by molar-refractivity contribution is 0.134. The van der Waals surface area contributed by atoms with Crippen molar-refractivity contribution >= 4 is 0 Å². The summed E-state index contributed by atoms with van der Waals surface area (Å²) in [6.45, 7) is 9.42. The fourth-order valence-corrected chi connectivity index (χ4v) is 2.56. The van der Waals surface area contributed by atoms with E-state index in [0.29, 0.717) is 11.3 Å². The van der Waals surface area contributed by atoms with Gasteiger partial charge in [0.25, 0.3) is 0 Å². The lowest BCUT2D eigenvalue weighted by Gasteiger charge is -2.13. The minimum atomic E-state index is -0.212. The molecule has 2 unspecified atom stereocenters.